The summed E-state index contributed by atoms with van der Waals surface area (Å²) in [4.78, 5) is 4.10. The second-order valence-corrected chi connectivity index (χ2v) is 2.74. The van der Waals surface area contributed by atoms with Gasteiger partial charge in [0, 0.05) is 0 Å². The molecule has 62 valence electrons. The molecule has 1 heterocycles. The molecule has 11 heavy (non-hydrogen) atoms. The van der Waals surface area contributed by atoms with Crippen molar-refractivity contribution in [3.8, 4) is 0 Å². The van der Waals surface area contributed by atoms with Gasteiger partial charge in [0.1, 0.15) is 11.6 Å². The number of hydrogen-bond donors (Lipinski definition) is 1. The van der Waals surface area contributed by atoms with Crippen molar-refractivity contribution in [1.82, 2.24) is 14.8 Å². The molecule has 0 amide bonds. The lowest BCUT2D eigenvalue weighted by molar-refractivity contribution is 0.167. The minimum absolute atomic E-state index is 0.366. The first kappa shape index (κ1) is 8.20. The predicted octanol–water partition coefficient (Wildman–Crippen LogP) is 0.276. The minimum atomic E-state index is -0.366. The van der Waals surface area contributed by atoms with Crippen molar-refractivity contribution in [1.29, 1.82) is 0 Å². The number of aryl methyl sites for hydroxylation is 2. The summed E-state index contributed by atoms with van der Waals surface area (Å²) in [5.41, 5.74) is 0. The molecule has 1 unspecified atom stereocenters. The summed E-state index contributed by atoms with van der Waals surface area (Å²) in [5, 5.41) is 13.1. The molecule has 0 saturated carbocycles. The van der Waals surface area contributed by atoms with Crippen LogP contribution in [0.1, 0.15) is 18.6 Å². The zero-order chi connectivity index (χ0) is 8.43. The molecule has 0 aliphatic carbocycles. The predicted molar refractivity (Wildman–Crippen MR) is 41.2 cm³/mol. The Morgan fingerprint density at radius 3 is 2.55 bits per heavy atom. The number of aliphatic hydroxyl groups is 1. The van der Waals surface area contributed by atoms with Crippen molar-refractivity contribution >= 4 is 0 Å². The molecular weight excluding hydrogens is 142 g/mol. The molecule has 0 saturated heterocycles. The summed E-state index contributed by atoms with van der Waals surface area (Å²) in [6.07, 6.45) is -0.366. The van der Waals surface area contributed by atoms with Crippen LogP contribution in [0.15, 0.2) is 0 Å². The summed E-state index contributed by atoms with van der Waals surface area (Å²) < 4.78 is 1.71. The summed E-state index contributed by atoms with van der Waals surface area (Å²) in [6, 6.07) is 0. The third-order valence-corrected chi connectivity index (χ3v) is 1.40. The molecule has 1 N–H and O–H groups in total. The lowest BCUT2D eigenvalue weighted by atomic mass is 10.4. The number of rotatable bonds is 2. The van der Waals surface area contributed by atoms with Gasteiger partial charge in [0.05, 0.1) is 12.6 Å². The van der Waals surface area contributed by atoms with Crippen molar-refractivity contribution in [3.05, 3.63) is 11.6 Å². The van der Waals surface area contributed by atoms with Crippen LogP contribution in [0.3, 0.4) is 0 Å². The van der Waals surface area contributed by atoms with Crippen LogP contribution >= 0.6 is 0 Å². The van der Waals surface area contributed by atoms with Gasteiger partial charge in [0.15, 0.2) is 0 Å². The van der Waals surface area contributed by atoms with Crippen molar-refractivity contribution in [2.45, 2.75) is 33.4 Å². The zero-order valence-electron chi connectivity index (χ0n) is 7.07. The molecule has 0 fully saturated rings. The molecule has 0 aliphatic heterocycles. The maximum absolute atomic E-state index is 9.05. The molecule has 0 aliphatic rings. The van der Waals surface area contributed by atoms with E-state index in [1.807, 2.05) is 13.8 Å². The fourth-order valence-electron chi connectivity index (χ4n) is 0.985. The van der Waals surface area contributed by atoms with Gasteiger partial charge in [0.2, 0.25) is 0 Å². The van der Waals surface area contributed by atoms with Gasteiger partial charge < -0.3 is 5.11 Å². The van der Waals surface area contributed by atoms with Gasteiger partial charge in [0.25, 0.3) is 0 Å². The molecule has 1 atom stereocenters. The first-order valence-corrected chi connectivity index (χ1v) is 3.65. The number of aromatic nitrogens is 3. The van der Waals surface area contributed by atoms with Crippen LogP contribution in [0.2, 0.25) is 0 Å². The Bertz CT molecular complexity index is 242. The Balaban J connectivity index is 2.77. The molecule has 4 heteroatoms. The molecule has 0 spiro atoms. The topological polar surface area (TPSA) is 50.9 Å². The van der Waals surface area contributed by atoms with E-state index in [1.54, 1.807) is 11.6 Å². The van der Waals surface area contributed by atoms with E-state index in [-0.39, 0.29) is 6.10 Å². The zero-order valence-corrected chi connectivity index (χ0v) is 7.07. The maximum atomic E-state index is 9.05. The van der Waals surface area contributed by atoms with E-state index < -0.39 is 0 Å². The summed E-state index contributed by atoms with van der Waals surface area (Å²) in [6.45, 7) is 5.97. The van der Waals surface area contributed by atoms with Crippen LogP contribution in [0, 0.1) is 13.8 Å². The minimum Gasteiger partial charge on any atom is -0.391 e. The van der Waals surface area contributed by atoms with Crippen molar-refractivity contribution in [2.75, 3.05) is 0 Å². The van der Waals surface area contributed by atoms with Crippen LogP contribution in [0.25, 0.3) is 0 Å². The van der Waals surface area contributed by atoms with Crippen molar-refractivity contribution in [3.63, 3.8) is 0 Å². The van der Waals surface area contributed by atoms with Crippen molar-refractivity contribution < 1.29 is 5.11 Å². The molecule has 0 bridgehead atoms. The fraction of sp³-hybridized carbons (Fsp3) is 0.714. The molecule has 1 rings (SSSR count). The quantitative estimate of drug-likeness (QED) is 0.667. The highest BCUT2D eigenvalue weighted by molar-refractivity contribution is 4.87. The Hall–Kier alpha value is -0.900. The maximum Gasteiger partial charge on any atom is 0.147 e. The first-order chi connectivity index (χ1) is 5.09. The first-order valence-electron chi connectivity index (χ1n) is 3.65. The van der Waals surface area contributed by atoms with Gasteiger partial charge in [-0.25, -0.2) is 9.67 Å². The highest BCUT2D eigenvalue weighted by Gasteiger charge is 2.03. The van der Waals surface area contributed by atoms with Crippen LogP contribution in [-0.2, 0) is 6.54 Å². The van der Waals surface area contributed by atoms with Gasteiger partial charge in [-0.15, -0.1) is 0 Å². The second-order valence-electron chi connectivity index (χ2n) is 2.74. The Kier molecular flexibility index (Phi) is 2.24. The normalized spacial score (nSPS) is 13.5. The van der Waals surface area contributed by atoms with Crippen molar-refractivity contribution in [2.24, 2.45) is 0 Å². The third kappa shape index (κ3) is 2.01. The highest BCUT2D eigenvalue weighted by Crippen LogP contribution is 1.97. The van der Waals surface area contributed by atoms with Gasteiger partial charge in [-0.1, -0.05) is 0 Å². The van der Waals surface area contributed by atoms with E-state index in [0.717, 1.165) is 11.6 Å². The summed E-state index contributed by atoms with van der Waals surface area (Å²) in [5.74, 6) is 1.60. The Morgan fingerprint density at radius 1 is 1.55 bits per heavy atom. The van der Waals surface area contributed by atoms with Gasteiger partial charge in [-0.05, 0) is 20.8 Å². The third-order valence-electron chi connectivity index (χ3n) is 1.40. The lowest BCUT2D eigenvalue weighted by Crippen LogP contribution is -2.14. The van der Waals surface area contributed by atoms with E-state index in [0.29, 0.717) is 6.54 Å². The standard InChI is InChI=1S/C7H13N3O/c1-5(11)4-10-7(3)8-6(2)9-10/h5,11H,4H2,1-3H3. The van der Waals surface area contributed by atoms with Crippen LogP contribution in [0.5, 0.6) is 0 Å². The largest absolute Gasteiger partial charge is 0.391 e. The monoisotopic (exact) mass is 155 g/mol. The van der Waals surface area contributed by atoms with Crippen LogP contribution in [-0.4, -0.2) is 26.0 Å². The summed E-state index contributed by atoms with van der Waals surface area (Å²) in [7, 11) is 0. The fourth-order valence-corrected chi connectivity index (χ4v) is 0.985. The van der Waals surface area contributed by atoms with E-state index in [1.165, 1.54) is 0 Å². The van der Waals surface area contributed by atoms with Gasteiger partial charge in [-0.2, -0.15) is 5.10 Å². The smallest absolute Gasteiger partial charge is 0.147 e. The van der Waals surface area contributed by atoms with Crippen LogP contribution in [0.4, 0.5) is 0 Å². The average Bonchev–Trinajstić information content (AvgIpc) is 2.09. The highest BCUT2D eigenvalue weighted by atomic mass is 16.3. The molecular formula is C7H13N3O. The van der Waals surface area contributed by atoms with E-state index in [9.17, 15) is 0 Å². The number of nitrogens with zero attached hydrogens (tertiary/aromatic N) is 3. The average molecular weight is 155 g/mol. The number of hydrogen-bond acceptors (Lipinski definition) is 3. The Morgan fingerprint density at radius 2 is 2.18 bits per heavy atom. The van der Waals surface area contributed by atoms with Gasteiger partial charge in [-0.3, -0.25) is 0 Å². The molecule has 1 aromatic rings. The lowest BCUT2D eigenvalue weighted by Gasteiger charge is -2.04. The second kappa shape index (κ2) is 3.00. The van der Waals surface area contributed by atoms with Crippen LogP contribution < -0.4 is 0 Å². The van der Waals surface area contributed by atoms with E-state index in [2.05, 4.69) is 10.1 Å². The summed E-state index contributed by atoms with van der Waals surface area (Å²) >= 11 is 0. The number of aliphatic hydroxyl groups excluding tert-OH is 1. The SMILES string of the molecule is Cc1nc(C)n(CC(C)O)n1. The molecule has 4 nitrogen and oxygen atoms in total. The molecule has 0 radical (unpaired) electrons. The van der Waals surface area contributed by atoms with E-state index in [4.69, 9.17) is 5.11 Å². The Labute approximate surface area is 65.9 Å². The van der Waals surface area contributed by atoms with Gasteiger partial charge >= 0.3 is 0 Å². The molecule has 0 aromatic carbocycles. The molecule has 1 aromatic heterocycles. The van der Waals surface area contributed by atoms with E-state index >= 15 is 0 Å².